The molecule has 0 aromatic carbocycles. The van der Waals surface area contributed by atoms with Gasteiger partial charge in [-0.3, -0.25) is 0 Å². The first-order valence-corrected chi connectivity index (χ1v) is 14.0. The minimum Gasteiger partial charge on any atom is -0.462 e. The summed E-state index contributed by atoms with van der Waals surface area (Å²) >= 11 is 0. The zero-order chi connectivity index (χ0) is 26.5. The van der Waals surface area contributed by atoms with E-state index in [9.17, 15) is 4.79 Å². The number of carbonyl (C=O) groups is 1. The summed E-state index contributed by atoms with van der Waals surface area (Å²) in [6.45, 7) is 25.6. The number of hydrogen-bond donors (Lipinski definition) is 0. The van der Waals surface area contributed by atoms with E-state index in [1.165, 1.54) is 0 Å². The average molecular weight is 507 g/mol. The predicted molar refractivity (Wildman–Crippen MR) is 136 cm³/mol. The first-order chi connectivity index (χ1) is 15.4. The number of rotatable bonds is 17. The van der Waals surface area contributed by atoms with Crippen LogP contribution in [0.2, 0.25) is 6.04 Å². The minimum absolute atomic E-state index is 0.228. The first-order valence-electron chi connectivity index (χ1n) is 12.1. The fourth-order valence-corrected chi connectivity index (χ4v) is 5.00. The summed E-state index contributed by atoms with van der Waals surface area (Å²) in [5, 5.41) is 0. The standard InChI is InChI=1S/C25H50O8Si/c1-21(2)22(26)27-13-12-20-34(31-17-14-28-23(3,4)5,32-18-15-29-24(6,7)8)33-19-16-30-25(9,10)11/h1,12-20H2,2-11H3. The Morgan fingerprint density at radius 2 is 1.00 bits per heavy atom. The minimum atomic E-state index is -3.14. The molecular weight excluding hydrogens is 456 g/mol. The van der Waals surface area contributed by atoms with Crippen molar-refractivity contribution < 1.29 is 37.0 Å². The first kappa shape index (κ1) is 33.2. The van der Waals surface area contributed by atoms with Crippen molar-refractivity contribution in [3.63, 3.8) is 0 Å². The molecule has 0 rings (SSSR count). The van der Waals surface area contributed by atoms with Gasteiger partial charge in [-0.1, -0.05) is 6.58 Å². The highest BCUT2D eigenvalue weighted by Gasteiger charge is 2.41. The van der Waals surface area contributed by atoms with Crippen LogP contribution in [0.5, 0.6) is 0 Å². The van der Waals surface area contributed by atoms with Gasteiger partial charge >= 0.3 is 14.8 Å². The van der Waals surface area contributed by atoms with E-state index in [1.54, 1.807) is 6.92 Å². The van der Waals surface area contributed by atoms with Crippen molar-refractivity contribution >= 4 is 14.8 Å². The molecule has 0 atom stereocenters. The monoisotopic (exact) mass is 506 g/mol. The molecule has 0 aliphatic heterocycles. The van der Waals surface area contributed by atoms with Gasteiger partial charge in [0.15, 0.2) is 0 Å². The van der Waals surface area contributed by atoms with Crippen molar-refractivity contribution in [1.82, 2.24) is 0 Å². The molecule has 0 saturated carbocycles. The van der Waals surface area contributed by atoms with Crippen molar-refractivity contribution in [2.45, 2.75) is 98.5 Å². The molecule has 0 amide bonds. The van der Waals surface area contributed by atoms with Gasteiger partial charge in [0.05, 0.1) is 63.1 Å². The summed E-state index contributed by atoms with van der Waals surface area (Å²) in [4.78, 5) is 11.7. The molecule has 0 spiro atoms. The highest BCUT2D eigenvalue weighted by molar-refractivity contribution is 6.60. The normalized spacial score (nSPS) is 13.2. The highest BCUT2D eigenvalue weighted by atomic mass is 28.4. The molecule has 0 fully saturated rings. The van der Waals surface area contributed by atoms with Crippen LogP contribution in [-0.2, 0) is 37.0 Å². The summed E-state index contributed by atoms with van der Waals surface area (Å²) in [5.74, 6) is -0.411. The van der Waals surface area contributed by atoms with Crippen molar-refractivity contribution in [3.05, 3.63) is 12.2 Å². The van der Waals surface area contributed by atoms with Gasteiger partial charge in [0.1, 0.15) is 0 Å². The van der Waals surface area contributed by atoms with Crippen molar-refractivity contribution in [3.8, 4) is 0 Å². The molecule has 202 valence electrons. The summed E-state index contributed by atoms with van der Waals surface area (Å²) in [6.07, 6.45) is 0.533. The Labute approximate surface area is 209 Å². The van der Waals surface area contributed by atoms with Crippen LogP contribution in [0.3, 0.4) is 0 Å². The zero-order valence-corrected chi connectivity index (χ0v) is 24.3. The fourth-order valence-electron chi connectivity index (χ4n) is 2.55. The Morgan fingerprint density at radius 3 is 1.29 bits per heavy atom. The molecule has 0 heterocycles. The molecule has 0 aromatic rings. The van der Waals surface area contributed by atoms with Crippen molar-refractivity contribution in [1.29, 1.82) is 0 Å². The van der Waals surface area contributed by atoms with Crippen LogP contribution in [0.1, 0.15) is 75.7 Å². The second-order valence-corrected chi connectivity index (χ2v) is 13.9. The largest absolute Gasteiger partial charge is 0.501 e. The molecule has 34 heavy (non-hydrogen) atoms. The summed E-state index contributed by atoms with van der Waals surface area (Å²) in [5.41, 5.74) is -0.446. The Balaban J connectivity index is 5.22. The molecule has 0 N–H and O–H groups in total. The van der Waals surface area contributed by atoms with E-state index in [2.05, 4.69) is 6.58 Å². The Morgan fingerprint density at radius 1 is 0.647 bits per heavy atom. The second kappa shape index (κ2) is 15.3. The van der Waals surface area contributed by atoms with Gasteiger partial charge in [0, 0.05) is 11.6 Å². The van der Waals surface area contributed by atoms with Crippen LogP contribution in [0.25, 0.3) is 0 Å². The zero-order valence-electron chi connectivity index (χ0n) is 23.3. The smallest absolute Gasteiger partial charge is 0.462 e. The Bertz CT molecular complexity index is 532. The number of hydrogen-bond acceptors (Lipinski definition) is 8. The Kier molecular flexibility index (Phi) is 15.0. The molecule has 0 radical (unpaired) electrons. The maximum Gasteiger partial charge on any atom is 0.501 e. The number of esters is 1. The van der Waals surface area contributed by atoms with E-state index >= 15 is 0 Å². The SMILES string of the molecule is C=C(C)C(=O)OCCC[Si](OCCOC(C)(C)C)(OCCOC(C)(C)C)OCCOC(C)(C)C. The third kappa shape index (κ3) is 19.5. The van der Waals surface area contributed by atoms with Crippen molar-refractivity contribution in [2.24, 2.45) is 0 Å². The molecule has 8 nitrogen and oxygen atoms in total. The van der Waals surface area contributed by atoms with Gasteiger partial charge in [0.25, 0.3) is 0 Å². The topological polar surface area (TPSA) is 81.7 Å². The van der Waals surface area contributed by atoms with E-state index in [1.807, 2.05) is 62.3 Å². The van der Waals surface area contributed by atoms with Crippen LogP contribution in [0, 0.1) is 0 Å². The molecule has 0 unspecified atom stereocenters. The molecule has 0 aliphatic rings. The van der Waals surface area contributed by atoms with Crippen molar-refractivity contribution in [2.75, 3.05) is 46.2 Å². The van der Waals surface area contributed by atoms with Gasteiger partial charge in [-0.2, -0.15) is 0 Å². The number of carbonyl (C=O) groups excluding carboxylic acids is 1. The Hall–Kier alpha value is -0.813. The quantitative estimate of drug-likeness (QED) is 0.119. The third-order valence-corrected chi connectivity index (χ3v) is 6.93. The maximum absolute atomic E-state index is 11.7. The summed E-state index contributed by atoms with van der Waals surface area (Å²) < 4.78 is 41.4. The number of ether oxygens (including phenoxy) is 4. The lowest BCUT2D eigenvalue weighted by Crippen LogP contribution is -2.48. The lowest BCUT2D eigenvalue weighted by molar-refractivity contribution is -0.139. The van der Waals surface area contributed by atoms with Gasteiger partial charge < -0.3 is 32.2 Å². The summed E-state index contributed by atoms with van der Waals surface area (Å²) in [7, 11) is -3.14. The van der Waals surface area contributed by atoms with Gasteiger partial charge in [-0.25, -0.2) is 4.79 Å². The molecular formula is C25H50O8Si. The maximum atomic E-state index is 11.7. The van der Waals surface area contributed by atoms with E-state index < -0.39 is 14.8 Å². The molecule has 0 saturated heterocycles. The van der Waals surface area contributed by atoms with Gasteiger partial charge in [-0.15, -0.1) is 0 Å². The molecule has 0 aliphatic carbocycles. The van der Waals surface area contributed by atoms with E-state index in [-0.39, 0.29) is 23.4 Å². The van der Waals surface area contributed by atoms with Crippen LogP contribution in [0.15, 0.2) is 12.2 Å². The molecule has 9 heteroatoms. The van der Waals surface area contributed by atoms with Crippen LogP contribution < -0.4 is 0 Å². The molecule has 0 aromatic heterocycles. The van der Waals surface area contributed by atoms with Crippen LogP contribution >= 0.6 is 0 Å². The van der Waals surface area contributed by atoms with E-state index in [0.29, 0.717) is 57.7 Å². The van der Waals surface area contributed by atoms with Crippen LogP contribution in [0.4, 0.5) is 0 Å². The van der Waals surface area contributed by atoms with Gasteiger partial charge in [-0.05, 0) is 75.7 Å². The third-order valence-electron chi connectivity index (χ3n) is 4.03. The van der Waals surface area contributed by atoms with Gasteiger partial charge in [0.2, 0.25) is 0 Å². The highest BCUT2D eigenvalue weighted by Crippen LogP contribution is 2.20. The summed E-state index contributed by atoms with van der Waals surface area (Å²) in [6, 6.07) is 0.483. The fraction of sp³-hybridized carbons (Fsp3) is 0.880. The lowest BCUT2D eigenvalue weighted by Gasteiger charge is -2.31. The predicted octanol–water partition coefficient (Wildman–Crippen LogP) is 4.93. The second-order valence-electron chi connectivity index (χ2n) is 11.1. The molecule has 0 bridgehead atoms. The average Bonchev–Trinajstić information content (AvgIpc) is 2.66. The van der Waals surface area contributed by atoms with E-state index in [0.717, 1.165) is 0 Å². The van der Waals surface area contributed by atoms with E-state index in [4.69, 9.17) is 32.2 Å². The van der Waals surface area contributed by atoms with Crippen LogP contribution in [-0.4, -0.2) is 77.8 Å². The lowest BCUT2D eigenvalue weighted by atomic mass is 10.2.